The van der Waals surface area contributed by atoms with Crippen molar-refractivity contribution in [1.82, 2.24) is 4.90 Å². The Morgan fingerprint density at radius 2 is 1.78 bits per heavy atom. The van der Waals surface area contributed by atoms with Gasteiger partial charge < -0.3 is 9.47 Å². The number of esters is 1. The van der Waals surface area contributed by atoms with Crippen molar-refractivity contribution in [2.45, 2.75) is 19.4 Å². The number of nitrogens with zero attached hydrogens (tertiary/aromatic N) is 1. The predicted molar refractivity (Wildman–Crippen MR) is 103 cm³/mol. The van der Waals surface area contributed by atoms with Gasteiger partial charge in [0.2, 0.25) is 0 Å². The summed E-state index contributed by atoms with van der Waals surface area (Å²) in [5.41, 5.74) is 2.05. The molecule has 0 bridgehead atoms. The number of hydrogen-bond acceptors (Lipinski definition) is 5. The average molecular weight is 367 g/mol. The van der Waals surface area contributed by atoms with Crippen molar-refractivity contribution in [2.75, 3.05) is 26.8 Å². The summed E-state index contributed by atoms with van der Waals surface area (Å²) < 4.78 is 10.4. The number of likely N-dealkylation sites (tertiary alicyclic amines) is 1. The third-order valence-electron chi connectivity index (χ3n) is 4.91. The summed E-state index contributed by atoms with van der Waals surface area (Å²) >= 11 is 0. The molecule has 1 fully saturated rings. The van der Waals surface area contributed by atoms with Gasteiger partial charge in [-0.3, -0.25) is 14.5 Å². The van der Waals surface area contributed by atoms with Crippen LogP contribution in [0.1, 0.15) is 24.0 Å². The van der Waals surface area contributed by atoms with Gasteiger partial charge in [0.15, 0.2) is 5.78 Å². The highest BCUT2D eigenvalue weighted by Crippen LogP contribution is 2.29. The van der Waals surface area contributed by atoms with E-state index in [-0.39, 0.29) is 18.3 Å². The SMILES string of the molecule is CCOC(=O)C1CN(Cc2ccc(OC)cc2)CC(c2ccccc2)C1=O. The van der Waals surface area contributed by atoms with Crippen molar-refractivity contribution < 1.29 is 19.1 Å². The van der Waals surface area contributed by atoms with Crippen LogP contribution in [0, 0.1) is 5.92 Å². The number of carbonyl (C=O) groups is 2. The molecule has 0 amide bonds. The number of ketones is 1. The lowest BCUT2D eigenvalue weighted by molar-refractivity contribution is -0.154. The molecule has 5 heteroatoms. The first kappa shape index (κ1) is 19.1. The normalized spacial score (nSPS) is 20.3. The van der Waals surface area contributed by atoms with Crippen LogP contribution in [0.3, 0.4) is 0 Å². The molecule has 3 rings (SSSR count). The monoisotopic (exact) mass is 367 g/mol. The van der Waals surface area contributed by atoms with E-state index < -0.39 is 11.9 Å². The molecule has 2 atom stereocenters. The Balaban J connectivity index is 1.82. The average Bonchev–Trinajstić information content (AvgIpc) is 2.70. The molecule has 0 aromatic heterocycles. The maximum absolute atomic E-state index is 13.0. The Kier molecular flexibility index (Phi) is 6.24. The Bertz CT molecular complexity index is 773. The minimum atomic E-state index is -0.748. The molecule has 2 aromatic carbocycles. The lowest BCUT2D eigenvalue weighted by Gasteiger charge is -2.36. The maximum Gasteiger partial charge on any atom is 0.317 e. The molecule has 2 unspecified atom stereocenters. The highest BCUT2D eigenvalue weighted by atomic mass is 16.5. The number of benzene rings is 2. The largest absolute Gasteiger partial charge is 0.497 e. The van der Waals surface area contributed by atoms with E-state index in [0.717, 1.165) is 16.9 Å². The highest BCUT2D eigenvalue weighted by Gasteiger charge is 2.40. The first-order valence-corrected chi connectivity index (χ1v) is 9.23. The van der Waals surface area contributed by atoms with E-state index in [9.17, 15) is 9.59 Å². The van der Waals surface area contributed by atoms with Gasteiger partial charge in [-0.1, -0.05) is 42.5 Å². The minimum Gasteiger partial charge on any atom is -0.497 e. The van der Waals surface area contributed by atoms with E-state index in [0.29, 0.717) is 19.6 Å². The molecule has 1 aliphatic heterocycles. The van der Waals surface area contributed by atoms with E-state index in [2.05, 4.69) is 4.90 Å². The molecule has 1 aliphatic rings. The van der Waals surface area contributed by atoms with Crippen LogP contribution in [0.2, 0.25) is 0 Å². The van der Waals surface area contributed by atoms with Gasteiger partial charge in [0.05, 0.1) is 19.6 Å². The lowest BCUT2D eigenvalue weighted by Crippen LogP contribution is -2.48. The van der Waals surface area contributed by atoms with Gasteiger partial charge in [-0.2, -0.15) is 0 Å². The van der Waals surface area contributed by atoms with Gasteiger partial charge >= 0.3 is 5.97 Å². The predicted octanol–water partition coefficient (Wildman–Crippen LogP) is 3.04. The Labute approximate surface area is 159 Å². The molecular formula is C22H25NO4. The standard InChI is InChI=1S/C22H25NO4/c1-3-27-22(25)20-15-23(13-16-9-11-18(26-2)12-10-16)14-19(21(20)24)17-7-5-4-6-8-17/h4-12,19-20H,3,13-15H2,1-2H3. The summed E-state index contributed by atoms with van der Waals surface area (Å²) in [6.07, 6.45) is 0. The van der Waals surface area contributed by atoms with Crippen LogP contribution in [0.25, 0.3) is 0 Å². The zero-order chi connectivity index (χ0) is 19.2. The van der Waals surface area contributed by atoms with E-state index in [4.69, 9.17) is 9.47 Å². The topological polar surface area (TPSA) is 55.8 Å². The van der Waals surface area contributed by atoms with Gasteiger partial charge in [-0.15, -0.1) is 0 Å². The number of Topliss-reactive ketones (excluding diaryl/α,β-unsaturated/α-hetero) is 1. The summed E-state index contributed by atoms with van der Waals surface area (Å²) in [5, 5.41) is 0. The molecule has 27 heavy (non-hydrogen) atoms. The number of hydrogen-bond donors (Lipinski definition) is 0. The fraction of sp³-hybridized carbons (Fsp3) is 0.364. The molecule has 0 N–H and O–H groups in total. The van der Waals surface area contributed by atoms with Crippen LogP contribution in [0.4, 0.5) is 0 Å². The van der Waals surface area contributed by atoms with Gasteiger partial charge in [-0.25, -0.2) is 0 Å². The van der Waals surface area contributed by atoms with E-state index in [1.165, 1.54) is 0 Å². The number of piperidine rings is 1. The van der Waals surface area contributed by atoms with Crippen LogP contribution in [0.15, 0.2) is 54.6 Å². The number of ether oxygens (including phenoxy) is 2. The molecule has 1 heterocycles. The van der Waals surface area contributed by atoms with E-state index >= 15 is 0 Å². The Morgan fingerprint density at radius 3 is 2.41 bits per heavy atom. The quantitative estimate of drug-likeness (QED) is 0.580. The molecule has 142 valence electrons. The molecule has 5 nitrogen and oxygen atoms in total. The van der Waals surface area contributed by atoms with Crippen molar-refractivity contribution in [3.8, 4) is 5.75 Å². The van der Waals surface area contributed by atoms with Crippen molar-refractivity contribution in [3.05, 3.63) is 65.7 Å². The highest BCUT2D eigenvalue weighted by molar-refractivity contribution is 6.03. The second kappa shape index (κ2) is 8.82. The van der Waals surface area contributed by atoms with Gasteiger partial charge in [0.25, 0.3) is 0 Å². The molecule has 0 radical (unpaired) electrons. The van der Waals surface area contributed by atoms with Gasteiger partial charge in [0.1, 0.15) is 11.7 Å². The lowest BCUT2D eigenvalue weighted by atomic mass is 9.83. The summed E-state index contributed by atoms with van der Waals surface area (Å²) in [4.78, 5) is 27.5. The smallest absolute Gasteiger partial charge is 0.317 e. The summed E-state index contributed by atoms with van der Waals surface area (Å²) in [6.45, 7) is 3.67. The maximum atomic E-state index is 13.0. The van der Waals surface area contributed by atoms with E-state index in [1.54, 1.807) is 14.0 Å². The molecule has 0 saturated carbocycles. The zero-order valence-corrected chi connectivity index (χ0v) is 15.8. The fourth-order valence-electron chi connectivity index (χ4n) is 3.52. The third-order valence-corrected chi connectivity index (χ3v) is 4.91. The Morgan fingerprint density at radius 1 is 1.07 bits per heavy atom. The van der Waals surface area contributed by atoms with Gasteiger partial charge in [-0.05, 0) is 30.2 Å². The number of methoxy groups -OCH3 is 1. The second-order valence-corrected chi connectivity index (χ2v) is 6.71. The summed E-state index contributed by atoms with van der Waals surface area (Å²) in [5.74, 6) is -0.748. The number of rotatable bonds is 6. The summed E-state index contributed by atoms with van der Waals surface area (Å²) in [6, 6.07) is 17.5. The molecule has 0 spiro atoms. The van der Waals surface area contributed by atoms with E-state index in [1.807, 2.05) is 54.6 Å². The molecule has 1 saturated heterocycles. The van der Waals surface area contributed by atoms with Crippen LogP contribution < -0.4 is 4.74 Å². The molecule has 2 aromatic rings. The third kappa shape index (κ3) is 4.55. The Hall–Kier alpha value is -2.66. The number of carbonyl (C=O) groups excluding carboxylic acids is 2. The fourth-order valence-corrected chi connectivity index (χ4v) is 3.52. The van der Waals surface area contributed by atoms with Crippen LogP contribution in [-0.2, 0) is 20.9 Å². The van der Waals surface area contributed by atoms with Crippen LogP contribution in [-0.4, -0.2) is 43.5 Å². The van der Waals surface area contributed by atoms with Crippen LogP contribution >= 0.6 is 0 Å². The van der Waals surface area contributed by atoms with Crippen molar-refractivity contribution in [1.29, 1.82) is 0 Å². The van der Waals surface area contributed by atoms with Crippen molar-refractivity contribution in [3.63, 3.8) is 0 Å². The van der Waals surface area contributed by atoms with Crippen molar-refractivity contribution >= 4 is 11.8 Å². The first-order valence-electron chi connectivity index (χ1n) is 9.23. The first-order chi connectivity index (χ1) is 13.1. The molecule has 0 aliphatic carbocycles. The van der Waals surface area contributed by atoms with Crippen molar-refractivity contribution in [2.24, 2.45) is 5.92 Å². The zero-order valence-electron chi connectivity index (χ0n) is 15.8. The second-order valence-electron chi connectivity index (χ2n) is 6.71. The van der Waals surface area contributed by atoms with Gasteiger partial charge in [0, 0.05) is 19.6 Å². The minimum absolute atomic E-state index is 0.0503. The molecular weight excluding hydrogens is 342 g/mol. The summed E-state index contributed by atoms with van der Waals surface area (Å²) in [7, 11) is 1.64. The van der Waals surface area contributed by atoms with Crippen LogP contribution in [0.5, 0.6) is 5.75 Å².